The molecule has 0 aromatic heterocycles. The number of nitro groups is 1. The number of nitro benzene ring substituents is 1. The molecule has 2 rings (SSSR count). The molecule has 23 heavy (non-hydrogen) atoms. The number of non-ortho nitro benzene ring substituents is 1. The van der Waals surface area contributed by atoms with E-state index in [1.807, 2.05) is 30.9 Å². The second kappa shape index (κ2) is 8.06. The van der Waals surface area contributed by atoms with Crippen LogP contribution >= 0.6 is 0 Å². The quantitative estimate of drug-likeness (QED) is 0.617. The van der Waals surface area contributed by atoms with Gasteiger partial charge >= 0.3 is 0 Å². The van der Waals surface area contributed by atoms with Crippen LogP contribution in [0.2, 0.25) is 0 Å². The first kappa shape index (κ1) is 17.4. The molecule has 126 valence electrons. The van der Waals surface area contributed by atoms with E-state index in [-0.39, 0.29) is 22.4 Å². The number of carbonyl (C=O) groups excluding carboxylic acids is 1. The van der Waals surface area contributed by atoms with E-state index >= 15 is 0 Å². The largest absolute Gasteiger partial charge is 0.341 e. The SMILES string of the molecule is CC(C)C(=O)N1CCCN(CCc2ccc([N+](=O)[O-])cc2)CC1. The van der Waals surface area contributed by atoms with Crippen LogP contribution < -0.4 is 0 Å². The molecule has 0 saturated carbocycles. The third-order valence-electron chi connectivity index (χ3n) is 4.26. The molecule has 1 aliphatic rings. The third kappa shape index (κ3) is 5.03. The van der Waals surface area contributed by atoms with Gasteiger partial charge in [-0.25, -0.2) is 0 Å². The lowest BCUT2D eigenvalue weighted by Gasteiger charge is -2.23. The van der Waals surface area contributed by atoms with Crippen LogP contribution in [0.4, 0.5) is 5.69 Å². The van der Waals surface area contributed by atoms with Crippen molar-refractivity contribution in [3.8, 4) is 0 Å². The molecule has 0 bridgehead atoms. The average molecular weight is 319 g/mol. The first-order chi connectivity index (χ1) is 11.0. The number of hydrogen-bond donors (Lipinski definition) is 0. The molecule has 6 heteroatoms. The molecule has 1 fully saturated rings. The zero-order valence-electron chi connectivity index (χ0n) is 13.9. The minimum absolute atomic E-state index is 0.0571. The highest BCUT2D eigenvalue weighted by atomic mass is 16.6. The van der Waals surface area contributed by atoms with E-state index in [1.54, 1.807) is 12.1 Å². The number of amides is 1. The maximum atomic E-state index is 12.1. The second-order valence-electron chi connectivity index (χ2n) is 6.35. The summed E-state index contributed by atoms with van der Waals surface area (Å²) < 4.78 is 0. The Labute approximate surface area is 137 Å². The van der Waals surface area contributed by atoms with Crippen LogP contribution in [-0.4, -0.2) is 53.4 Å². The average Bonchev–Trinajstić information content (AvgIpc) is 2.78. The summed E-state index contributed by atoms with van der Waals surface area (Å²) in [5.74, 6) is 0.295. The van der Waals surface area contributed by atoms with Gasteiger partial charge in [0.25, 0.3) is 5.69 Å². The van der Waals surface area contributed by atoms with E-state index in [1.165, 1.54) is 0 Å². The first-order valence-corrected chi connectivity index (χ1v) is 8.22. The van der Waals surface area contributed by atoms with E-state index < -0.39 is 0 Å². The molecule has 1 aromatic rings. The standard InChI is InChI=1S/C17H25N3O3/c1-14(2)17(21)19-10-3-9-18(12-13-19)11-8-15-4-6-16(7-5-15)20(22)23/h4-7,14H,3,8-13H2,1-2H3. The Balaban J connectivity index is 1.82. The van der Waals surface area contributed by atoms with Gasteiger partial charge in [0, 0.05) is 44.2 Å². The smallest absolute Gasteiger partial charge is 0.269 e. The summed E-state index contributed by atoms with van der Waals surface area (Å²) >= 11 is 0. The molecular weight excluding hydrogens is 294 g/mol. The Kier molecular flexibility index (Phi) is 6.10. The van der Waals surface area contributed by atoms with Crippen LogP contribution in [0.25, 0.3) is 0 Å². The lowest BCUT2D eigenvalue weighted by molar-refractivity contribution is -0.384. The van der Waals surface area contributed by atoms with Gasteiger partial charge in [0.1, 0.15) is 0 Å². The number of carbonyl (C=O) groups is 1. The van der Waals surface area contributed by atoms with Gasteiger partial charge in [-0.15, -0.1) is 0 Å². The lowest BCUT2D eigenvalue weighted by atomic mass is 10.1. The molecule has 0 radical (unpaired) electrons. The minimum atomic E-state index is -0.376. The van der Waals surface area contributed by atoms with Gasteiger partial charge in [0.2, 0.25) is 5.91 Å². The summed E-state index contributed by atoms with van der Waals surface area (Å²) in [5, 5.41) is 10.7. The van der Waals surface area contributed by atoms with Crippen molar-refractivity contribution >= 4 is 11.6 Å². The summed E-state index contributed by atoms with van der Waals surface area (Å²) in [6.45, 7) is 8.32. The van der Waals surface area contributed by atoms with Crippen LogP contribution in [0.3, 0.4) is 0 Å². The third-order valence-corrected chi connectivity index (χ3v) is 4.26. The fourth-order valence-corrected chi connectivity index (χ4v) is 2.85. The fraction of sp³-hybridized carbons (Fsp3) is 0.588. The molecule has 0 spiro atoms. The van der Waals surface area contributed by atoms with E-state index in [0.717, 1.165) is 51.1 Å². The van der Waals surface area contributed by atoms with Crippen molar-refractivity contribution in [1.82, 2.24) is 9.80 Å². The fourth-order valence-electron chi connectivity index (χ4n) is 2.85. The Bertz CT molecular complexity index is 543. The van der Waals surface area contributed by atoms with Crippen molar-refractivity contribution < 1.29 is 9.72 Å². The Morgan fingerprint density at radius 2 is 1.87 bits per heavy atom. The van der Waals surface area contributed by atoms with E-state index in [9.17, 15) is 14.9 Å². The summed E-state index contributed by atoms with van der Waals surface area (Å²) in [6.07, 6.45) is 1.87. The molecule has 1 aromatic carbocycles. The van der Waals surface area contributed by atoms with E-state index in [0.29, 0.717) is 0 Å². The Morgan fingerprint density at radius 1 is 1.17 bits per heavy atom. The molecule has 0 unspecified atom stereocenters. The first-order valence-electron chi connectivity index (χ1n) is 8.22. The normalized spacial score (nSPS) is 16.4. The molecule has 1 amide bonds. The van der Waals surface area contributed by atoms with Gasteiger partial charge in [-0.05, 0) is 24.9 Å². The van der Waals surface area contributed by atoms with Crippen LogP contribution in [0.15, 0.2) is 24.3 Å². The van der Waals surface area contributed by atoms with Gasteiger partial charge in [-0.3, -0.25) is 14.9 Å². The zero-order valence-corrected chi connectivity index (χ0v) is 13.9. The molecular formula is C17H25N3O3. The number of hydrogen-bond acceptors (Lipinski definition) is 4. The molecule has 1 aliphatic heterocycles. The van der Waals surface area contributed by atoms with Crippen molar-refractivity contribution in [3.05, 3.63) is 39.9 Å². The van der Waals surface area contributed by atoms with Crippen molar-refractivity contribution in [2.75, 3.05) is 32.7 Å². The predicted molar refractivity (Wildman–Crippen MR) is 89.3 cm³/mol. The lowest BCUT2D eigenvalue weighted by Crippen LogP contribution is -2.37. The van der Waals surface area contributed by atoms with Crippen LogP contribution in [0, 0.1) is 16.0 Å². The maximum Gasteiger partial charge on any atom is 0.269 e. The molecule has 6 nitrogen and oxygen atoms in total. The molecule has 0 atom stereocenters. The maximum absolute atomic E-state index is 12.1. The monoisotopic (exact) mass is 319 g/mol. The van der Waals surface area contributed by atoms with Gasteiger partial charge < -0.3 is 9.80 Å². The summed E-state index contributed by atoms with van der Waals surface area (Å²) in [6, 6.07) is 6.76. The summed E-state index contributed by atoms with van der Waals surface area (Å²) in [5.41, 5.74) is 1.24. The number of benzene rings is 1. The van der Waals surface area contributed by atoms with Crippen molar-refractivity contribution in [2.45, 2.75) is 26.7 Å². The molecule has 0 aliphatic carbocycles. The van der Waals surface area contributed by atoms with Crippen molar-refractivity contribution in [2.24, 2.45) is 5.92 Å². The molecule has 0 N–H and O–H groups in total. The van der Waals surface area contributed by atoms with Gasteiger partial charge in [-0.2, -0.15) is 0 Å². The minimum Gasteiger partial charge on any atom is -0.341 e. The summed E-state index contributed by atoms with van der Waals surface area (Å²) in [7, 11) is 0. The van der Waals surface area contributed by atoms with Crippen LogP contribution in [-0.2, 0) is 11.2 Å². The second-order valence-corrected chi connectivity index (χ2v) is 6.35. The molecule has 1 saturated heterocycles. The zero-order chi connectivity index (χ0) is 16.8. The van der Waals surface area contributed by atoms with E-state index in [2.05, 4.69) is 4.90 Å². The van der Waals surface area contributed by atoms with Crippen molar-refractivity contribution in [3.63, 3.8) is 0 Å². The highest BCUT2D eigenvalue weighted by Crippen LogP contribution is 2.13. The molecule has 1 heterocycles. The van der Waals surface area contributed by atoms with E-state index in [4.69, 9.17) is 0 Å². The van der Waals surface area contributed by atoms with Gasteiger partial charge in [-0.1, -0.05) is 26.0 Å². The topological polar surface area (TPSA) is 66.7 Å². The van der Waals surface area contributed by atoms with Gasteiger partial charge in [0.15, 0.2) is 0 Å². The number of nitrogens with zero attached hydrogens (tertiary/aromatic N) is 3. The highest BCUT2D eigenvalue weighted by molar-refractivity contribution is 5.78. The predicted octanol–water partition coefficient (Wildman–Crippen LogP) is 2.33. The van der Waals surface area contributed by atoms with Gasteiger partial charge in [0.05, 0.1) is 4.92 Å². The Hall–Kier alpha value is -1.95. The highest BCUT2D eigenvalue weighted by Gasteiger charge is 2.20. The van der Waals surface area contributed by atoms with Crippen LogP contribution in [0.5, 0.6) is 0 Å². The number of rotatable bonds is 5. The van der Waals surface area contributed by atoms with Crippen molar-refractivity contribution in [1.29, 1.82) is 0 Å². The van der Waals surface area contributed by atoms with Crippen LogP contribution in [0.1, 0.15) is 25.8 Å². The summed E-state index contributed by atoms with van der Waals surface area (Å²) in [4.78, 5) is 26.7. The Morgan fingerprint density at radius 3 is 2.48 bits per heavy atom.